The van der Waals surface area contributed by atoms with Gasteiger partial charge in [0.05, 0.1) is 12.3 Å². The monoisotopic (exact) mass is 298 g/mol. The molecule has 2 heterocycles. The predicted octanol–water partition coefficient (Wildman–Crippen LogP) is 3.67. The molecule has 0 aromatic carbocycles. The predicted molar refractivity (Wildman–Crippen MR) is 78.3 cm³/mol. The van der Waals surface area contributed by atoms with Crippen LogP contribution in [0.25, 0.3) is 0 Å². The van der Waals surface area contributed by atoms with Gasteiger partial charge in [0.25, 0.3) is 0 Å². The van der Waals surface area contributed by atoms with Gasteiger partial charge in [-0.2, -0.15) is 5.10 Å². The van der Waals surface area contributed by atoms with E-state index in [0.29, 0.717) is 17.2 Å². The molecular weight excluding hydrogens is 276 g/mol. The van der Waals surface area contributed by atoms with E-state index >= 15 is 0 Å². The van der Waals surface area contributed by atoms with Gasteiger partial charge in [-0.1, -0.05) is 18.0 Å². The zero-order valence-corrected chi connectivity index (χ0v) is 12.6. The first-order valence-corrected chi connectivity index (χ1v) is 8.16. The van der Waals surface area contributed by atoms with Crippen LogP contribution in [0, 0.1) is 5.92 Å². The van der Waals surface area contributed by atoms with Crippen LogP contribution >= 0.6 is 11.6 Å². The Morgan fingerprint density at radius 3 is 2.70 bits per heavy atom. The van der Waals surface area contributed by atoms with Gasteiger partial charge in [-0.25, -0.2) is 0 Å². The molecule has 2 aliphatic rings. The molecule has 1 aromatic rings. The van der Waals surface area contributed by atoms with E-state index in [1.165, 1.54) is 19.3 Å². The molecule has 0 radical (unpaired) electrons. The standard InChI is InChI=1S/C15H23ClN2O2/c16-15-14(20-13-4-2-1-3-5-13)10-17-18(15)11-12-6-8-19-9-7-12/h10,12-13H,1-9,11H2. The van der Waals surface area contributed by atoms with E-state index in [9.17, 15) is 0 Å². The Morgan fingerprint density at radius 1 is 1.20 bits per heavy atom. The van der Waals surface area contributed by atoms with E-state index < -0.39 is 0 Å². The minimum absolute atomic E-state index is 0.321. The molecule has 0 N–H and O–H groups in total. The number of hydrogen-bond acceptors (Lipinski definition) is 3. The van der Waals surface area contributed by atoms with Gasteiger partial charge in [0, 0.05) is 19.8 Å². The minimum atomic E-state index is 0.321. The maximum Gasteiger partial charge on any atom is 0.176 e. The van der Waals surface area contributed by atoms with E-state index in [0.717, 1.165) is 51.2 Å². The summed E-state index contributed by atoms with van der Waals surface area (Å²) in [4.78, 5) is 0. The topological polar surface area (TPSA) is 36.3 Å². The second-order valence-corrected chi connectivity index (χ2v) is 6.27. The van der Waals surface area contributed by atoms with E-state index in [1.807, 2.05) is 4.68 Å². The normalized spacial score (nSPS) is 22.1. The highest BCUT2D eigenvalue weighted by molar-refractivity contribution is 6.31. The third-order valence-corrected chi connectivity index (χ3v) is 4.74. The van der Waals surface area contributed by atoms with Crippen molar-refractivity contribution in [3.8, 4) is 5.75 Å². The van der Waals surface area contributed by atoms with Gasteiger partial charge in [-0.3, -0.25) is 4.68 Å². The Kier molecular flexibility index (Phi) is 4.84. The number of halogens is 1. The Hall–Kier alpha value is -0.740. The lowest BCUT2D eigenvalue weighted by atomic mass is 9.98. The highest BCUT2D eigenvalue weighted by atomic mass is 35.5. The third-order valence-electron chi connectivity index (χ3n) is 4.36. The van der Waals surface area contributed by atoms with Crippen LogP contribution in [0.5, 0.6) is 5.75 Å². The van der Waals surface area contributed by atoms with Crippen LogP contribution in [0.15, 0.2) is 6.20 Å². The quantitative estimate of drug-likeness (QED) is 0.851. The molecule has 112 valence electrons. The van der Waals surface area contributed by atoms with Gasteiger partial charge in [0.1, 0.15) is 0 Å². The van der Waals surface area contributed by atoms with E-state index in [-0.39, 0.29) is 0 Å². The van der Waals surface area contributed by atoms with Gasteiger partial charge in [0.15, 0.2) is 10.9 Å². The zero-order chi connectivity index (χ0) is 13.8. The molecule has 20 heavy (non-hydrogen) atoms. The Labute approximate surface area is 125 Å². The van der Waals surface area contributed by atoms with Gasteiger partial charge in [-0.05, 0) is 44.4 Å². The summed E-state index contributed by atoms with van der Waals surface area (Å²) in [5.41, 5.74) is 0. The van der Waals surface area contributed by atoms with Gasteiger partial charge in [-0.15, -0.1) is 0 Å². The number of aromatic nitrogens is 2. The summed E-state index contributed by atoms with van der Waals surface area (Å²) >= 11 is 6.41. The van der Waals surface area contributed by atoms with Crippen LogP contribution in [-0.4, -0.2) is 29.1 Å². The molecular formula is C15H23ClN2O2. The highest BCUT2D eigenvalue weighted by Gasteiger charge is 2.20. The van der Waals surface area contributed by atoms with Crippen molar-refractivity contribution in [2.75, 3.05) is 13.2 Å². The zero-order valence-electron chi connectivity index (χ0n) is 11.9. The van der Waals surface area contributed by atoms with Crippen molar-refractivity contribution in [3.05, 3.63) is 11.3 Å². The molecule has 0 bridgehead atoms. The smallest absolute Gasteiger partial charge is 0.176 e. The first-order valence-electron chi connectivity index (χ1n) is 7.78. The second kappa shape index (κ2) is 6.81. The summed E-state index contributed by atoms with van der Waals surface area (Å²) in [6, 6.07) is 0. The molecule has 5 heteroatoms. The molecule has 0 unspecified atom stereocenters. The van der Waals surface area contributed by atoms with E-state index in [1.54, 1.807) is 6.20 Å². The summed E-state index contributed by atoms with van der Waals surface area (Å²) in [6.07, 6.45) is 10.4. The fourth-order valence-electron chi connectivity index (χ4n) is 3.10. The molecule has 3 rings (SSSR count). The fraction of sp³-hybridized carbons (Fsp3) is 0.800. The van der Waals surface area contributed by atoms with E-state index in [4.69, 9.17) is 21.1 Å². The first-order chi connectivity index (χ1) is 9.83. The Bertz CT molecular complexity index is 386. The molecule has 4 nitrogen and oxygen atoms in total. The maximum absolute atomic E-state index is 6.41. The number of ether oxygens (including phenoxy) is 2. The van der Waals surface area contributed by atoms with Crippen molar-refractivity contribution in [2.24, 2.45) is 5.92 Å². The average Bonchev–Trinajstić information content (AvgIpc) is 2.83. The van der Waals surface area contributed by atoms with Crippen LogP contribution in [0.2, 0.25) is 5.15 Å². The average molecular weight is 299 g/mol. The lowest BCUT2D eigenvalue weighted by Gasteiger charge is -2.23. The summed E-state index contributed by atoms with van der Waals surface area (Å²) in [5.74, 6) is 1.37. The van der Waals surface area contributed by atoms with Gasteiger partial charge in [0.2, 0.25) is 0 Å². The first kappa shape index (κ1) is 14.2. The largest absolute Gasteiger partial charge is 0.486 e. The molecule has 1 aliphatic heterocycles. The number of hydrogen-bond donors (Lipinski definition) is 0. The molecule has 0 spiro atoms. The van der Waals surface area contributed by atoms with Crippen molar-refractivity contribution in [1.29, 1.82) is 0 Å². The van der Waals surface area contributed by atoms with Crippen molar-refractivity contribution in [3.63, 3.8) is 0 Å². The van der Waals surface area contributed by atoms with Crippen LogP contribution in [0.4, 0.5) is 0 Å². The molecule has 2 fully saturated rings. The van der Waals surface area contributed by atoms with Crippen molar-refractivity contribution in [1.82, 2.24) is 9.78 Å². The lowest BCUT2D eigenvalue weighted by molar-refractivity contribution is 0.0601. The van der Waals surface area contributed by atoms with Crippen molar-refractivity contribution < 1.29 is 9.47 Å². The molecule has 1 saturated heterocycles. The van der Waals surface area contributed by atoms with E-state index in [2.05, 4.69) is 5.10 Å². The SMILES string of the molecule is Clc1c(OC2CCCCC2)cnn1CC1CCOCC1. The maximum atomic E-state index is 6.41. The minimum Gasteiger partial charge on any atom is -0.486 e. The Balaban J connectivity index is 1.59. The molecule has 0 atom stereocenters. The van der Waals surface area contributed by atoms with Gasteiger partial charge < -0.3 is 9.47 Å². The van der Waals surface area contributed by atoms with Crippen molar-refractivity contribution in [2.45, 2.75) is 57.6 Å². The number of nitrogens with zero attached hydrogens (tertiary/aromatic N) is 2. The number of rotatable bonds is 4. The Morgan fingerprint density at radius 2 is 1.95 bits per heavy atom. The second-order valence-electron chi connectivity index (χ2n) is 5.92. The third kappa shape index (κ3) is 3.47. The summed E-state index contributed by atoms with van der Waals surface area (Å²) in [5, 5.41) is 5.05. The molecule has 1 saturated carbocycles. The van der Waals surface area contributed by atoms with Crippen molar-refractivity contribution >= 4 is 11.6 Å². The highest BCUT2D eigenvalue weighted by Crippen LogP contribution is 2.30. The summed E-state index contributed by atoms with van der Waals surface area (Å²) in [7, 11) is 0. The van der Waals surface area contributed by atoms with Crippen LogP contribution < -0.4 is 4.74 Å². The lowest BCUT2D eigenvalue weighted by Crippen LogP contribution is -2.21. The molecule has 0 amide bonds. The van der Waals surface area contributed by atoms with Gasteiger partial charge >= 0.3 is 0 Å². The van der Waals surface area contributed by atoms with Crippen LogP contribution in [0.3, 0.4) is 0 Å². The fourth-order valence-corrected chi connectivity index (χ4v) is 3.30. The van der Waals surface area contributed by atoms with Crippen LogP contribution in [0.1, 0.15) is 44.9 Å². The molecule has 1 aliphatic carbocycles. The van der Waals surface area contributed by atoms with Crippen LogP contribution in [-0.2, 0) is 11.3 Å². The summed E-state index contributed by atoms with van der Waals surface area (Å²) in [6.45, 7) is 2.58. The molecule has 1 aromatic heterocycles. The summed E-state index contributed by atoms with van der Waals surface area (Å²) < 4.78 is 13.3.